The van der Waals surface area contributed by atoms with E-state index in [-0.39, 0.29) is 11.8 Å². The Morgan fingerprint density at radius 3 is 2.81 bits per heavy atom. The smallest absolute Gasteiger partial charge is 0.381 e. The van der Waals surface area contributed by atoms with Crippen LogP contribution in [0.15, 0.2) is 30.5 Å². The monoisotopic (exact) mass is 399 g/mol. The molecule has 1 aliphatic rings. The second-order valence-electron chi connectivity index (χ2n) is 6.47. The average Bonchev–Trinajstić information content (AvgIpc) is 3.08. The summed E-state index contributed by atoms with van der Waals surface area (Å²) in [4.78, 5) is 17.2. The first-order valence-electron chi connectivity index (χ1n) is 8.58. The summed E-state index contributed by atoms with van der Waals surface area (Å²) in [7, 11) is 0. The normalized spacial score (nSPS) is 16.9. The number of benzene rings is 1. The van der Waals surface area contributed by atoms with Crippen LogP contribution >= 0.6 is 11.3 Å². The number of nitrogens with zero attached hydrogens (tertiary/aromatic N) is 1. The molecule has 1 unspecified atom stereocenters. The molecule has 3 rings (SSSR count). The largest absolute Gasteiger partial charge is 0.416 e. The summed E-state index contributed by atoms with van der Waals surface area (Å²) in [6, 6.07) is 4.55. The van der Waals surface area contributed by atoms with Crippen molar-refractivity contribution in [3.63, 3.8) is 0 Å². The molecule has 1 saturated heterocycles. The van der Waals surface area contributed by atoms with Gasteiger partial charge in [-0.25, -0.2) is 4.98 Å². The maximum absolute atomic E-state index is 12.8. The van der Waals surface area contributed by atoms with E-state index in [0.29, 0.717) is 30.3 Å². The van der Waals surface area contributed by atoms with Gasteiger partial charge in [0.2, 0.25) is 5.91 Å². The molecule has 146 valence electrons. The predicted octanol–water partition coefficient (Wildman–Crippen LogP) is 3.45. The maximum Gasteiger partial charge on any atom is 0.416 e. The van der Waals surface area contributed by atoms with Gasteiger partial charge in [-0.2, -0.15) is 13.2 Å². The lowest BCUT2D eigenvalue weighted by molar-refractivity contribution is -0.137. The number of nitrogens with one attached hydrogen (secondary N) is 1. The molecule has 1 amide bonds. The Balaban J connectivity index is 1.60. The number of hydrogen-bond donors (Lipinski definition) is 2. The van der Waals surface area contributed by atoms with E-state index < -0.39 is 17.8 Å². The molecule has 1 aromatic heterocycles. The van der Waals surface area contributed by atoms with Crippen LogP contribution in [0.2, 0.25) is 0 Å². The van der Waals surface area contributed by atoms with Gasteiger partial charge in [0.15, 0.2) is 5.13 Å². The highest BCUT2D eigenvalue weighted by atomic mass is 32.1. The van der Waals surface area contributed by atoms with E-state index in [1.54, 1.807) is 12.3 Å². The minimum atomic E-state index is -4.37. The van der Waals surface area contributed by atoms with Crippen molar-refractivity contribution in [1.29, 1.82) is 0 Å². The number of carbonyl (C=O) groups excluding carboxylic acids is 1. The van der Waals surface area contributed by atoms with Crippen LogP contribution in [0, 0.1) is 5.92 Å². The molecular formula is C18H20F3N3O2S. The van der Waals surface area contributed by atoms with E-state index in [4.69, 9.17) is 10.5 Å². The number of nitrogens with two attached hydrogens (primary N) is 1. The number of alkyl halides is 3. The predicted molar refractivity (Wildman–Crippen MR) is 96.5 cm³/mol. The van der Waals surface area contributed by atoms with Gasteiger partial charge < -0.3 is 15.8 Å². The molecule has 0 bridgehead atoms. The molecule has 0 spiro atoms. The van der Waals surface area contributed by atoms with E-state index in [1.165, 1.54) is 17.4 Å². The van der Waals surface area contributed by atoms with Gasteiger partial charge in [-0.05, 0) is 30.4 Å². The van der Waals surface area contributed by atoms with Crippen molar-refractivity contribution in [2.24, 2.45) is 11.7 Å². The third-order valence-corrected chi connectivity index (χ3v) is 5.41. The van der Waals surface area contributed by atoms with Crippen molar-refractivity contribution in [3.05, 3.63) is 46.5 Å². The lowest BCUT2D eigenvalue weighted by Gasteiger charge is -2.26. The fourth-order valence-electron chi connectivity index (χ4n) is 2.98. The number of anilines is 1. The first-order chi connectivity index (χ1) is 12.8. The van der Waals surface area contributed by atoms with Gasteiger partial charge in [0.05, 0.1) is 11.6 Å². The molecule has 2 aromatic rings. The van der Waals surface area contributed by atoms with Crippen molar-refractivity contribution in [2.75, 3.05) is 18.5 Å². The molecule has 1 atom stereocenters. The molecule has 5 nitrogen and oxygen atoms in total. The summed E-state index contributed by atoms with van der Waals surface area (Å²) in [6.07, 6.45) is -1.02. The Morgan fingerprint density at radius 2 is 2.11 bits per heavy atom. The standard InChI is InChI=1S/C18H20F3N3O2S/c19-18(20,21)13-3-1-2-11(8-13)9-14-10-23-17(27-14)24-16(25)15(22)12-4-6-26-7-5-12/h1-3,8,10,12,15H,4-7,9,22H2,(H,23,24,25). The second-order valence-corrected chi connectivity index (χ2v) is 7.59. The summed E-state index contributed by atoms with van der Waals surface area (Å²) < 4.78 is 43.7. The quantitative estimate of drug-likeness (QED) is 0.807. The highest BCUT2D eigenvalue weighted by Gasteiger charge is 2.30. The molecule has 9 heteroatoms. The highest BCUT2D eigenvalue weighted by molar-refractivity contribution is 7.15. The van der Waals surface area contributed by atoms with Crippen molar-refractivity contribution in [3.8, 4) is 0 Å². The van der Waals surface area contributed by atoms with E-state index in [2.05, 4.69) is 10.3 Å². The van der Waals surface area contributed by atoms with Crippen molar-refractivity contribution >= 4 is 22.4 Å². The zero-order chi connectivity index (χ0) is 19.4. The second kappa shape index (κ2) is 8.37. The van der Waals surface area contributed by atoms with Crippen LogP contribution in [0.25, 0.3) is 0 Å². The van der Waals surface area contributed by atoms with Crippen LogP contribution in [0.1, 0.15) is 28.8 Å². The fraction of sp³-hybridized carbons (Fsp3) is 0.444. The number of halogens is 3. The third kappa shape index (κ3) is 5.27. The van der Waals surface area contributed by atoms with Crippen LogP contribution in [0.4, 0.5) is 18.3 Å². The number of thiazole rings is 1. The molecular weight excluding hydrogens is 379 g/mol. The van der Waals surface area contributed by atoms with Gasteiger partial charge in [0.25, 0.3) is 0 Å². The Kier molecular flexibility index (Phi) is 6.13. The summed E-state index contributed by atoms with van der Waals surface area (Å²) in [5, 5.41) is 3.10. The van der Waals surface area contributed by atoms with Crippen LogP contribution in [0.3, 0.4) is 0 Å². The number of hydrogen-bond acceptors (Lipinski definition) is 5. The Morgan fingerprint density at radius 1 is 1.37 bits per heavy atom. The van der Waals surface area contributed by atoms with Crippen LogP contribution in [-0.2, 0) is 22.1 Å². The Labute approximate surface area is 158 Å². The van der Waals surface area contributed by atoms with Gasteiger partial charge in [-0.3, -0.25) is 4.79 Å². The van der Waals surface area contributed by atoms with Gasteiger partial charge in [-0.15, -0.1) is 11.3 Å². The molecule has 0 aliphatic carbocycles. The average molecular weight is 399 g/mol. The lowest BCUT2D eigenvalue weighted by Crippen LogP contribution is -2.43. The SMILES string of the molecule is NC(C(=O)Nc1ncc(Cc2cccc(C(F)(F)F)c2)s1)C1CCOCC1. The lowest BCUT2D eigenvalue weighted by atomic mass is 9.92. The Bertz CT molecular complexity index is 788. The van der Waals surface area contributed by atoms with Gasteiger partial charge >= 0.3 is 6.18 Å². The minimum Gasteiger partial charge on any atom is -0.381 e. The molecule has 27 heavy (non-hydrogen) atoms. The first-order valence-corrected chi connectivity index (χ1v) is 9.39. The van der Waals surface area contributed by atoms with Crippen molar-refractivity contribution in [1.82, 2.24) is 4.98 Å². The van der Waals surface area contributed by atoms with Gasteiger partial charge in [-0.1, -0.05) is 18.2 Å². The zero-order valence-electron chi connectivity index (χ0n) is 14.5. The number of ether oxygens (including phenoxy) is 1. The number of carbonyl (C=O) groups is 1. The summed E-state index contributed by atoms with van der Waals surface area (Å²) >= 11 is 1.23. The van der Waals surface area contributed by atoms with Crippen LogP contribution < -0.4 is 11.1 Å². The van der Waals surface area contributed by atoms with Gasteiger partial charge in [0.1, 0.15) is 0 Å². The van der Waals surface area contributed by atoms with Crippen molar-refractivity contribution in [2.45, 2.75) is 31.5 Å². The van der Waals surface area contributed by atoms with E-state index in [9.17, 15) is 18.0 Å². The third-order valence-electron chi connectivity index (χ3n) is 4.49. The molecule has 2 heterocycles. The van der Waals surface area contributed by atoms with E-state index in [0.717, 1.165) is 29.9 Å². The topological polar surface area (TPSA) is 77.2 Å². The summed E-state index contributed by atoms with van der Waals surface area (Å²) in [6.45, 7) is 1.20. The molecule has 1 aromatic carbocycles. The number of rotatable bonds is 5. The van der Waals surface area contributed by atoms with Crippen molar-refractivity contribution < 1.29 is 22.7 Å². The Hall–Kier alpha value is -1.97. The molecule has 0 radical (unpaired) electrons. The number of amides is 1. The van der Waals surface area contributed by atoms with Gasteiger partial charge in [0, 0.05) is 30.7 Å². The molecule has 3 N–H and O–H groups in total. The van der Waals surface area contributed by atoms with E-state index >= 15 is 0 Å². The van der Waals surface area contributed by atoms with Crippen LogP contribution in [-0.4, -0.2) is 30.1 Å². The number of aromatic nitrogens is 1. The maximum atomic E-state index is 12.8. The molecule has 1 aliphatic heterocycles. The highest BCUT2D eigenvalue weighted by Crippen LogP contribution is 2.30. The molecule has 1 fully saturated rings. The summed E-state index contributed by atoms with van der Waals surface area (Å²) in [5.74, 6) is -0.231. The zero-order valence-corrected chi connectivity index (χ0v) is 15.3. The first kappa shape index (κ1) is 19.8. The summed E-state index contributed by atoms with van der Waals surface area (Å²) in [5.41, 5.74) is 5.88. The van der Waals surface area contributed by atoms with Crippen LogP contribution in [0.5, 0.6) is 0 Å². The van der Waals surface area contributed by atoms with E-state index in [1.807, 2.05) is 0 Å². The molecule has 0 saturated carbocycles. The minimum absolute atomic E-state index is 0.0725. The fourth-order valence-corrected chi connectivity index (χ4v) is 3.83.